The van der Waals surface area contributed by atoms with E-state index in [9.17, 15) is 9.59 Å². The van der Waals surface area contributed by atoms with Crippen LogP contribution in [0, 0.1) is 0 Å². The van der Waals surface area contributed by atoms with Crippen LogP contribution in [0.5, 0.6) is 0 Å². The first-order valence-corrected chi connectivity index (χ1v) is 9.72. The van der Waals surface area contributed by atoms with Gasteiger partial charge in [0, 0.05) is 37.9 Å². The van der Waals surface area contributed by atoms with E-state index in [1.807, 2.05) is 35.2 Å². The zero-order valence-corrected chi connectivity index (χ0v) is 15.7. The number of carbonyl (C=O) groups is 2. The Morgan fingerprint density at radius 1 is 1.00 bits per heavy atom. The molecule has 1 aromatic rings. The van der Waals surface area contributed by atoms with E-state index >= 15 is 0 Å². The van der Waals surface area contributed by atoms with Gasteiger partial charge in [0.2, 0.25) is 5.91 Å². The third kappa shape index (κ3) is 4.97. The molecule has 1 saturated heterocycles. The fourth-order valence-electron chi connectivity index (χ4n) is 3.85. The van der Waals surface area contributed by atoms with Crippen LogP contribution < -0.4 is 5.32 Å². The molecule has 3 rings (SSSR count). The van der Waals surface area contributed by atoms with Crippen molar-refractivity contribution >= 4 is 17.6 Å². The highest BCUT2D eigenvalue weighted by Crippen LogP contribution is 2.21. The Balaban J connectivity index is 1.42. The molecule has 1 aliphatic carbocycles. The molecule has 0 radical (unpaired) electrons. The van der Waals surface area contributed by atoms with Gasteiger partial charge >= 0.3 is 6.03 Å². The average Bonchev–Trinajstić information content (AvgIpc) is 2.69. The van der Waals surface area contributed by atoms with E-state index in [0.29, 0.717) is 38.8 Å². The van der Waals surface area contributed by atoms with Crippen LogP contribution in [-0.2, 0) is 4.79 Å². The summed E-state index contributed by atoms with van der Waals surface area (Å²) in [5.41, 5.74) is 0.796. The summed E-state index contributed by atoms with van der Waals surface area (Å²) in [5.74, 6) is 0.182. The Kier molecular flexibility index (Phi) is 6.50. The molecule has 0 spiro atoms. The maximum absolute atomic E-state index is 12.6. The summed E-state index contributed by atoms with van der Waals surface area (Å²) in [7, 11) is 2.07. The number of carbonyl (C=O) groups excluding carboxylic acids is 2. The zero-order valence-electron chi connectivity index (χ0n) is 15.7. The first-order chi connectivity index (χ1) is 12.6. The molecule has 2 aliphatic rings. The molecule has 142 valence electrons. The van der Waals surface area contributed by atoms with E-state index in [1.165, 1.54) is 32.1 Å². The second kappa shape index (κ2) is 9.03. The minimum atomic E-state index is -0.0948. The van der Waals surface area contributed by atoms with E-state index in [-0.39, 0.29) is 11.9 Å². The van der Waals surface area contributed by atoms with Crippen LogP contribution in [0.4, 0.5) is 10.5 Å². The molecule has 0 atom stereocenters. The average molecular weight is 358 g/mol. The number of anilines is 1. The Morgan fingerprint density at radius 3 is 2.27 bits per heavy atom. The molecule has 0 bridgehead atoms. The van der Waals surface area contributed by atoms with Crippen molar-refractivity contribution in [2.24, 2.45) is 0 Å². The van der Waals surface area contributed by atoms with Gasteiger partial charge in [-0.3, -0.25) is 9.69 Å². The molecular weight excluding hydrogens is 328 g/mol. The highest BCUT2D eigenvalue weighted by molar-refractivity contribution is 5.89. The Hall–Kier alpha value is -2.08. The maximum atomic E-state index is 12.6. The van der Waals surface area contributed by atoms with Crippen LogP contribution in [0.2, 0.25) is 0 Å². The van der Waals surface area contributed by atoms with Crippen LogP contribution in [0.1, 0.15) is 32.1 Å². The number of hydrogen-bond acceptors (Lipinski definition) is 3. The first-order valence-electron chi connectivity index (χ1n) is 9.72. The molecule has 2 fully saturated rings. The highest BCUT2D eigenvalue weighted by atomic mass is 16.2. The van der Waals surface area contributed by atoms with Gasteiger partial charge < -0.3 is 15.1 Å². The summed E-state index contributed by atoms with van der Waals surface area (Å²) in [6.07, 6.45) is 6.29. The topological polar surface area (TPSA) is 55.9 Å². The first kappa shape index (κ1) is 18.7. The lowest BCUT2D eigenvalue weighted by atomic mass is 9.94. The molecule has 6 nitrogen and oxygen atoms in total. The molecule has 26 heavy (non-hydrogen) atoms. The number of likely N-dealkylation sites (N-methyl/N-ethyl adjacent to an activating group) is 1. The number of benzene rings is 1. The maximum Gasteiger partial charge on any atom is 0.321 e. The van der Waals surface area contributed by atoms with Gasteiger partial charge in [0.25, 0.3) is 0 Å². The molecule has 1 aromatic carbocycles. The third-order valence-electron chi connectivity index (χ3n) is 5.53. The van der Waals surface area contributed by atoms with Gasteiger partial charge in [-0.1, -0.05) is 37.5 Å². The van der Waals surface area contributed by atoms with Gasteiger partial charge in [0.1, 0.15) is 0 Å². The van der Waals surface area contributed by atoms with E-state index in [4.69, 9.17) is 0 Å². The summed E-state index contributed by atoms with van der Waals surface area (Å²) >= 11 is 0. The van der Waals surface area contributed by atoms with Crippen molar-refractivity contribution in [3.05, 3.63) is 30.3 Å². The number of nitrogens with zero attached hydrogens (tertiary/aromatic N) is 3. The number of amides is 3. The minimum absolute atomic E-state index is 0.0948. The Labute approximate surface area is 156 Å². The number of urea groups is 1. The quantitative estimate of drug-likeness (QED) is 0.900. The zero-order chi connectivity index (χ0) is 18.4. The van der Waals surface area contributed by atoms with Crippen molar-refractivity contribution in [1.82, 2.24) is 14.7 Å². The number of piperazine rings is 1. The number of nitrogens with one attached hydrogen (secondary N) is 1. The van der Waals surface area contributed by atoms with Crippen LogP contribution in [0.3, 0.4) is 0 Å². The predicted molar refractivity (Wildman–Crippen MR) is 103 cm³/mol. The monoisotopic (exact) mass is 358 g/mol. The number of hydrogen-bond donors (Lipinski definition) is 1. The van der Waals surface area contributed by atoms with Crippen molar-refractivity contribution in [3.63, 3.8) is 0 Å². The van der Waals surface area contributed by atoms with Gasteiger partial charge in [-0.25, -0.2) is 4.79 Å². The Morgan fingerprint density at radius 2 is 1.62 bits per heavy atom. The molecule has 1 aliphatic heterocycles. The lowest BCUT2D eigenvalue weighted by Crippen LogP contribution is -2.53. The van der Waals surface area contributed by atoms with Crippen molar-refractivity contribution in [1.29, 1.82) is 0 Å². The van der Waals surface area contributed by atoms with Crippen LogP contribution in [-0.4, -0.2) is 72.5 Å². The van der Waals surface area contributed by atoms with Gasteiger partial charge in [-0.2, -0.15) is 0 Å². The van der Waals surface area contributed by atoms with Crippen LogP contribution in [0.25, 0.3) is 0 Å². The van der Waals surface area contributed by atoms with Crippen molar-refractivity contribution in [2.75, 3.05) is 45.1 Å². The van der Waals surface area contributed by atoms with E-state index in [1.54, 1.807) is 4.90 Å². The SMILES string of the molecule is CN(CC(=O)N1CCN(C(=O)Nc2ccccc2)CC1)C1CCCCC1. The molecule has 0 unspecified atom stereocenters. The second-order valence-corrected chi connectivity index (χ2v) is 7.37. The van der Waals surface area contributed by atoms with E-state index in [2.05, 4.69) is 17.3 Å². The Bertz CT molecular complexity index is 593. The number of para-hydroxylation sites is 1. The molecule has 0 aromatic heterocycles. The summed E-state index contributed by atoms with van der Waals surface area (Å²) in [6.45, 7) is 2.87. The summed E-state index contributed by atoms with van der Waals surface area (Å²) in [5, 5.41) is 2.91. The van der Waals surface area contributed by atoms with Crippen molar-refractivity contribution in [3.8, 4) is 0 Å². The van der Waals surface area contributed by atoms with Crippen LogP contribution in [0.15, 0.2) is 30.3 Å². The third-order valence-corrected chi connectivity index (χ3v) is 5.53. The van der Waals surface area contributed by atoms with Gasteiger partial charge in [-0.15, -0.1) is 0 Å². The van der Waals surface area contributed by atoms with E-state index < -0.39 is 0 Å². The fourth-order valence-corrected chi connectivity index (χ4v) is 3.85. The molecule has 6 heteroatoms. The van der Waals surface area contributed by atoms with Crippen molar-refractivity contribution in [2.45, 2.75) is 38.1 Å². The van der Waals surface area contributed by atoms with Crippen LogP contribution >= 0.6 is 0 Å². The molecule has 3 amide bonds. The van der Waals surface area contributed by atoms with Crippen molar-refractivity contribution < 1.29 is 9.59 Å². The fraction of sp³-hybridized carbons (Fsp3) is 0.600. The summed E-state index contributed by atoms with van der Waals surface area (Å²) in [6, 6.07) is 9.92. The lowest BCUT2D eigenvalue weighted by molar-refractivity contribution is -0.134. The molecular formula is C20H30N4O2. The normalized spacial score (nSPS) is 18.8. The largest absolute Gasteiger partial charge is 0.338 e. The lowest BCUT2D eigenvalue weighted by Gasteiger charge is -2.37. The summed E-state index contributed by atoms with van der Waals surface area (Å²) < 4.78 is 0. The number of rotatable bonds is 4. The minimum Gasteiger partial charge on any atom is -0.338 e. The summed E-state index contributed by atoms with van der Waals surface area (Å²) in [4.78, 5) is 30.8. The van der Waals surface area contributed by atoms with Gasteiger partial charge in [0.15, 0.2) is 0 Å². The molecule has 1 heterocycles. The second-order valence-electron chi connectivity index (χ2n) is 7.37. The smallest absolute Gasteiger partial charge is 0.321 e. The highest BCUT2D eigenvalue weighted by Gasteiger charge is 2.26. The van der Waals surface area contributed by atoms with E-state index in [0.717, 1.165) is 5.69 Å². The molecule has 1 saturated carbocycles. The van der Waals surface area contributed by atoms with Gasteiger partial charge in [-0.05, 0) is 32.0 Å². The standard InChI is InChI=1S/C20H30N4O2/c1-22(18-10-6-3-7-11-18)16-19(25)23-12-14-24(15-13-23)20(26)21-17-8-4-2-5-9-17/h2,4-5,8-9,18H,3,6-7,10-16H2,1H3,(H,21,26). The van der Waals surface area contributed by atoms with Gasteiger partial charge in [0.05, 0.1) is 6.54 Å². The molecule has 1 N–H and O–H groups in total. The predicted octanol–water partition coefficient (Wildman–Crippen LogP) is 2.63.